The Kier molecular flexibility index (Phi) is 7.45. The average Bonchev–Trinajstić information content (AvgIpc) is 2.83. The van der Waals surface area contributed by atoms with Gasteiger partial charge in [0.15, 0.2) is 0 Å². The lowest BCUT2D eigenvalue weighted by molar-refractivity contribution is -0.147. The number of carbonyl (C=O) groups is 1. The van der Waals surface area contributed by atoms with Crippen molar-refractivity contribution in [2.45, 2.75) is 25.9 Å². The molecule has 1 N–H and O–H groups in total. The molecule has 1 aliphatic heterocycles. The van der Waals surface area contributed by atoms with Crippen molar-refractivity contribution >= 4 is 28.2 Å². The number of hydrogen-bond acceptors (Lipinski definition) is 6. The molecule has 0 unspecified atom stereocenters. The molecule has 0 amide bonds. The molecule has 35 heavy (non-hydrogen) atoms. The first-order valence-corrected chi connectivity index (χ1v) is 11.5. The third-order valence-corrected chi connectivity index (χ3v) is 6.16. The molecule has 9 heteroatoms. The number of benzene rings is 2. The van der Waals surface area contributed by atoms with Gasteiger partial charge >= 0.3 is 12.1 Å². The lowest BCUT2D eigenvalue weighted by Gasteiger charge is -2.30. The first-order chi connectivity index (χ1) is 16.7. The first kappa shape index (κ1) is 24.8. The Bertz CT molecular complexity index is 1190. The number of para-hydroxylation sites is 1. The van der Waals surface area contributed by atoms with Crippen LogP contribution < -0.4 is 10.1 Å². The molecule has 3 aromatic rings. The van der Waals surface area contributed by atoms with Crippen molar-refractivity contribution in [3.8, 4) is 5.75 Å². The van der Waals surface area contributed by atoms with Crippen LogP contribution in [0, 0.1) is 12.8 Å². The smallest absolute Gasteiger partial charge is 0.416 e. The number of ether oxygens (including phenoxy) is 2. The van der Waals surface area contributed by atoms with Crippen LogP contribution in [0.2, 0.25) is 0 Å². The Labute approximate surface area is 202 Å². The predicted molar refractivity (Wildman–Crippen MR) is 128 cm³/mol. The van der Waals surface area contributed by atoms with Crippen molar-refractivity contribution in [2.75, 3.05) is 38.7 Å². The summed E-state index contributed by atoms with van der Waals surface area (Å²) in [4.78, 5) is 18.3. The molecule has 1 fully saturated rings. The van der Waals surface area contributed by atoms with Gasteiger partial charge < -0.3 is 14.8 Å². The molecule has 1 aliphatic rings. The Morgan fingerprint density at radius 1 is 1.14 bits per heavy atom. The van der Waals surface area contributed by atoms with Gasteiger partial charge in [-0.15, -0.1) is 0 Å². The molecule has 6 nitrogen and oxygen atoms in total. The van der Waals surface area contributed by atoms with Crippen LogP contribution in [-0.4, -0.2) is 49.2 Å². The van der Waals surface area contributed by atoms with E-state index in [2.05, 4.69) is 15.2 Å². The molecule has 186 valence electrons. The molecule has 2 heterocycles. The summed E-state index contributed by atoms with van der Waals surface area (Å²) in [5, 5.41) is 3.94. The van der Waals surface area contributed by atoms with E-state index in [1.807, 2.05) is 31.2 Å². The number of nitrogens with zero attached hydrogens (tertiary/aromatic N) is 2. The number of hydrogen-bond donors (Lipinski definition) is 1. The Balaban J connectivity index is 1.47. The topological polar surface area (TPSA) is 63.7 Å². The number of nitrogens with one attached hydrogen (secondary N) is 1. The van der Waals surface area contributed by atoms with Gasteiger partial charge in [0.05, 0.1) is 24.1 Å². The van der Waals surface area contributed by atoms with Crippen LogP contribution in [0.4, 0.5) is 24.5 Å². The molecule has 2 aromatic carbocycles. The molecule has 0 bridgehead atoms. The normalized spacial score (nSPS) is 15.2. The second kappa shape index (κ2) is 10.5. The van der Waals surface area contributed by atoms with Gasteiger partial charge in [0.2, 0.25) is 0 Å². The zero-order valence-electron chi connectivity index (χ0n) is 19.7. The predicted octanol–water partition coefficient (Wildman–Crippen LogP) is 5.57. The Hall–Kier alpha value is -3.33. The number of piperidine rings is 1. The van der Waals surface area contributed by atoms with E-state index in [9.17, 15) is 18.0 Å². The molecular weight excluding hydrogens is 459 g/mol. The van der Waals surface area contributed by atoms with Crippen LogP contribution >= 0.6 is 0 Å². The summed E-state index contributed by atoms with van der Waals surface area (Å²) >= 11 is 0. The van der Waals surface area contributed by atoms with Crippen LogP contribution in [0.3, 0.4) is 0 Å². The number of likely N-dealkylation sites (tertiary alicyclic amines) is 1. The number of rotatable bonds is 7. The highest BCUT2D eigenvalue weighted by Gasteiger charge is 2.32. The molecule has 4 rings (SSSR count). The fourth-order valence-electron chi connectivity index (χ4n) is 4.34. The molecule has 0 atom stereocenters. The zero-order valence-corrected chi connectivity index (χ0v) is 19.7. The van der Waals surface area contributed by atoms with Crippen LogP contribution in [0.25, 0.3) is 10.9 Å². The van der Waals surface area contributed by atoms with E-state index in [-0.39, 0.29) is 29.9 Å². The van der Waals surface area contributed by atoms with E-state index in [4.69, 9.17) is 9.47 Å². The monoisotopic (exact) mass is 487 g/mol. The van der Waals surface area contributed by atoms with Crippen molar-refractivity contribution in [2.24, 2.45) is 5.92 Å². The Morgan fingerprint density at radius 2 is 1.89 bits per heavy atom. The quantitative estimate of drug-likeness (QED) is 0.440. The summed E-state index contributed by atoms with van der Waals surface area (Å²) in [7, 11) is 1.39. The summed E-state index contributed by atoms with van der Waals surface area (Å²) in [6, 6.07) is 12.9. The minimum absolute atomic E-state index is 0.0952. The van der Waals surface area contributed by atoms with Crippen molar-refractivity contribution in [3.05, 3.63) is 59.8 Å². The van der Waals surface area contributed by atoms with Gasteiger partial charge in [0.25, 0.3) is 0 Å². The number of esters is 1. The maximum absolute atomic E-state index is 13.6. The maximum Gasteiger partial charge on any atom is 0.416 e. The standard InChI is InChI=1S/C26H28F3N3O3/c1-17-13-24(22-5-3-4-6-23(22)30-17)31-20-14-19(26(27,28)29)15-21(16-20)35-12-11-32-9-7-18(8-10-32)25(33)34-2/h3-6,13-16,18H,7-12H2,1-2H3,(H,30,31). The fraction of sp³-hybridized carbons (Fsp3) is 0.385. The third-order valence-electron chi connectivity index (χ3n) is 6.16. The first-order valence-electron chi connectivity index (χ1n) is 11.5. The lowest BCUT2D eigenvalue weighted by atomic mass is 9.97. The third kappa shape index (κ3) is 6.22. The van der Waals surface area contributed by atoms with Crippen LogP contribution in [-0.2, 0) is 15.7 Å². The van der Waals surface area contributed by atoms with Crippen molar-refractivity contribution in [1.82, 2.24) is 9.88 Å². The number of fused-ring (bicyclic) bond motifs is 1. The summed E-state index contributed by atoms with van der Waals surface area (Å²) in [6.45, 7) is 4.06. The second-order valence-corrected chi connectivity index (χ2v) is 8.68. The summed E-state index contributed by atoms with van der Waals surface area (Å²) in [5.41, 5.74) is 1.68. The minimum atomic E-state index is -4.51. The zero-order chi connectivity index (χ0) is 25.0. The SMILES string of the molecule is COC(=O)C1CCN(CCOc2cc(Nc3cc(C)nc4ccccc34)cc(C(F)(F)F)c2)CC1. The Morgan fingerprint density at radius 3 is 2.60 bits per heavy atom. The van der Waals surface area contributed by atoms with E-state index in [0.29, 0.717) is 38.2 Å². The molecule has 0 aliphatic carbocycles. The summed E-state index contributed by atoms with van der Waals surface area (Å²) in [5.74, 6) is -0.147. The van der Waals surface area contributed by atoms with E-state index < -0.39 is 11.7 Å². The molecular formula is C26H28F3N3O3. The molecule has 1 saturated heterocycles. The number of halogens is 3. The second-order valence-electron chi connectivity index (χ2n) is 8.68. The van der Waals surface area contributed by atoms with Crippen molar-refractivity contribution < 1.29 is 27.4 Å². The van der Waals surface area contributed by atoms with Gasteiger partial charge in [0, 0.05) is 35.1 Å². The highest BCUT2D eigenvalue weighted by Crippen LogP contribution is 2.36. The van der Waals surface area contributed by atoms with E-state index in [1.54, 1.807) is 12.1 Å². The highest BCUT2D eigenvalue weighted by atomic mass is 19.4. The molecule has 1 aromatic heterocycles. The average molecular weight is 488 g/mol. The van der Waals surface area contributed by atoms with E-state index in [0.717, 1.165) is 28.7 Å². The molecule has 0 saturated carbocycles. The van der Waals surface area contributed by atoms with Crippen LogP contribution in [0.5, 0.6) is 5.75 Å². The molecule has 0 spiro atoms. The van der Waals surface area contributed by atoms with Gasteiger partial charge in [-0.1, -0.05) is 18.2 Å². The van der Waals surface area contributed by atoms with Gasteiger partial charge in [-0.3, -0.25) is 14.7 Å². The number of pyridine rings is 1. The van der Waals surface area contributed by atoms with Crippen molar-refractivity contribution in [3.63, 3.8) is 0 Å². The number of aryl methyl sites for hydroxylation is 1. The van der Waals surface area contributed by atoms with E-state index in [1.165, 1.54) is 7.11 Å². The van der Waals surface area contributed by atoms with Gasteiger partial charge in [0.1, 0.15) is 12.4 Å². The van der Waals surface area contributed by atoms with Gasteiger partial charge in [-0.05, 0) is 57.1 Å². The fourth-order valence-corrected chi connectivity index (χ4v) is 4.34. The van der Waals surface area contributed by atoms with E-state index >= 15 is 0 Å². The van der Waals surface area contributed by atoms with Crippen molar-refractivity contribution in [1.29, 1.82) is 0 Å². The van der Waals surface area contributed by atoms with Gasteiger partial charge in [-0.2, -0.15) is 13.2 Å². The minimum Gasteiger partial charge on any atom is -0.492 e. The lowest BCUT2D eigenvalue weighted by Crippen LogP contribution is -2.38. The summed E-state index contributed by atoms with van der Waals surface area (Å²) < 4.78 is 51.4. The number of carbonyl (C=O) groups excluding carboxylic acids is 1. The number of alkyl halides is 3. The number of aromatic nitrogens is 1. The van der Waals surface area contributed by atoms with Gasteiger partial charge in [-0.25, -0.2) is 0 Å². The van der Waals surface area contributed by atoms with Crippen LogP contribution in [0.15, 0.2) is 48.5 Å². The number of methoxy groups -OCH3 is 1. The molecule has 0 radical (unpaired) electrons. The largest absolute Gasteiger partial charge is 0.492 e. The summed E-state index contributed by atoms with van der Waals surface area (Å²) in [6.07, 6.45) is -3.12. The number of anilines is 2. The van der Waals surface area contributed by atoms with Crippen LogP contribution in [0.1, 0.15) is 24.1 Å². The maximum atomic E-state index is 13.6. The highest BCUT2D eigenvalue weighted by molar-refractivity contribution is 5.93.